The van der Waals surface area contributed by atoms with E-state index in [0.717, 1.165) is 31.8 Å². The first-order valence-corrected chi connectivity index (χ1v) is 15.4. The van der Waals surface area contributed by atoms with E-state index in [2.05, 4.69) is 40.4 Å². The van der Waals surface area contributed by atoms with Gasteiger partial charge < -0.3 is 9.74 Å². The van der Waals surface area contributed by atoms with Crippen molar-refractivity contribution in [2.45, 2.75) is 42.5 Å². The molecule has 0 radical (unpaired) electrons. The van der Waals surface area contributed by atoms with E-state index in [1.807, 2.05) is 12.1 Å². The molecule has 0 atom stereocenters. The number of carbonyl (C=O) groups is 1. The summed E-state index contributed by atoms with van der Waals surface area (Å²) in [6, 6.07) is 18.5. The zero-order chi connectivity index (χ0) is 29.5. The Morgan fingerprint density at radius 3 is 2.31 bits per heavy atom. The summed E-state index contributed by atoms with van der Waals surface area (Å²) in [7, 11) is -4.12. The predicted molar refractivity (Wildman–Crippen MR) is 151 cm³/mol. The number of oxime groups is 1. The number of piperazine rings is 1. The second kappa shape index (κ2) is 11.0. The van der Waals surface area contributed by atoms with E-state index < -0.39 is 32.3 Å². The van der Waals surface area contributed by atoms with E-state index in [9.17, 15) is 26.4 Å². The van der Waals surface area contributed by atoms with E-state index in [0.29, 0.717) is 24.9 Å². The number of alkyl halides is 3. The van der Waals surface area contributed by atoms with Crippen LogP contribution in [0, 0.1) is 0 Å². The molecule has 0 N–H and O–H groups in total. The van der Waals surface area contributed by atoms with Crippen LogP contribution in [-0.4, -0.2) is 79.0 Å². The molecule has 0 aliphatic carbocycles. The quantitative estimate of drug-likeness (QED) is 0.431. The smallest absolute Gasteiger partial charge is 0.388 e. The Hall–Kier alpha value is -3.48. The monoisotopic (exact) mass is 600 g/mol. The van der Waals surface area contributed by atoms with Crippen LogP contribution >= 0.6 is 0 Å². The lowest BCUT2D eigenvalue weighted by Crippen LogP contribution is -2.51. The van der Waals surface area contributed by atoms with Gasteiger partial charge in [0.05, 0.1) is 10.5 Å². The van der Waals surface area contributed by atoms with Crippen LogP contribution < -0.4 is 0 Å². The number of hydrogen-bond donors (Lipinski definition) is 0. The van der Waals surface area contributed by atoms with Gasteiger partial charge in [-0.3, -0.25) is 9.69 Å². The Kier molecular flexibility index (Phi) is 7.48. The lowest BCUT2D eigenvalue weighted by molar-refractivity contribution is -0.137. The first-order chi connectivity index (χ1) is 20.0. The van der Waals surface area contributed by atoms with Gasteiger partial charge in [0.25, 0.3) is 5.91 Å². The summed E-state index contributed by atoms with van der Waals surface area (Å²) in [4.78, 5) is 22.7. The summed E-state index contributed by atoms with van der Waals surface area (Å²) in [5, 5.41) is 6.52. The van der Waals surface area contributed by atoms with Crippen molar-refractivity contribution >= 4 is 32.4 Å². The molecule has 2 fully saturated rings. The van der Waals surface area contributed by atoms with Gasteiger partial charge in [0.1, 0.15) is 11.3 Å². The van der Waals surface area contributed by atoms with Gasteiger partial charge in [0.15, 0.2) is 0 Å². The van der Waals surface area contributed by atoms with Gasteiger partial charge in [-0.25, -0.2) is 8.42 Å². The Labute approximate surface area is 242 Å². The standard InChI is InChI=1S/C30H31F3N4O4S/c31-30(32,33)25-6-3-7-26(19-25)42(39,40)37-12-10-29(11-13-37)20-27(34-41-29)28(38)36-16-14-35(15-17-36)21-22-8-9-23-4-1-2-5-24(23)18-22/h1-9,18-19H,10-17,20-21H2. The fraction of sp³-hybridized carbons (Fsp3) is 0.400. The number of nitrogens with zero attached hydrogens (tertiary/aromatic N) is 4. The molecule has 2 saturated heterocycles. The first kappa shape index (κ1) is 28.6. The number of hydrogen-bond acceptors (Lipinski definition) is 6. The molecule has 0 unspecified atom stereocenters. The third-order valence-corrected chi connectivity index (χ3v) is 10.3. The van der Waals surface area contributed by atoms with Gasteiger partial charge in [-0.05, 0) is 40.6 Å². The maximum atomic E-state index is 13.3. The first-order valence-electron chi connectivity index (χ1n) is 13.9. The van der Waals surface area contributed by atoms with E-state index in [1.54, 1.807) is 4.90 Å². The average Bonchev–Trinajstić information content (AvgIpc) is 3.40. The molecule has 12 heteroatoms. The summed E-state index contributed by atoms with van der Waals surface area (Å²) >= 11 is 0. The second-order valence-corrected chi connectivity index (χ2v) is 13.1. The van der Waals surface area contributed by atoms with Gasteiger partial charge >= 0.3 is 6.18 Å². The Balaban J connectivity index is 1.01. The molecule has 3 aromatic carbocycles. The summed E-state index contributed by atoms with van der Waals surface area (Å²) in [6.07, 6.45) is -3.80. The molecule has 3 aliphatic rings. The van der Waals surface area contributed by atoms with Gasteiger partial charge in [0, 0.05) is 65.1 Å². The third kappa shape index (κ3) is 5.75. The molecular formula is C30H31F3N4O4S. The fourth-order valence-corrected chi connectivity index (χ4v) is 7.40. The molecule has 3 aromatic rings. The minimum atomic E-state index is -4.64. The molecular weight excluding hydrogens is 569 g/mol. The van der Waals surface area contributed by atoms with Crippen LogP contribution in [0.1, 0.15) is 30.4 Å². The summed E-state index contributed by atoms with van der Waals surface area (Å²) < 4.78 is 66.7. The van der Waals surface area contributed by atoms with Gasteiger partial charge in [-0.1, -0.05) is 47.6 Å². The molecule has 3 aliphatic heterocycles. The van der Waals surface area contributed by atoms with Crippen LogP contribution in [0.2, 0.25) is 0 Å². The molecule has 3 heterocycles. The Morgan fingerprint density at radius 2 is 1.60 bits per heavy atom. The largest absolute Gasteiger partial charge is 0.416 e. The molecule has 0 saturated carbocycles. The number of sulfonamides is 1. The van der Waals surface area contributed by atoms with Crippen molar-refractivity contribution in [3.63, 3.8) is 0 Å². The van der Waals surface area contributed by atoms with E-state index >= 15 is 0 Å². The van der Waals surface area contributed by atoms with Crippen LogP contribution in [0.15, 0.2) is 76.8 Å². The zero-order valence-electron chi connectivity index (χ0n) is 22.9. The highest BCUT2D eigenvalue weighted by atomic mass is 32.2. The number of amides is 1. The molecule has 0 bridgehead atoms. The Bertz CT molecular complexity index is 1630. The average molecular weight is 601 g/mol. The molecule has 0 aromatic heterocycles. The van der Waals surface area contributed by atoms with Crippen molar-refractivity contribution < 1.29 is 31.2 Å². The zero-order valence-corrected chi connectivity index (χ0v) is 23.7. The number of carbonyl (C=O) groups excluding carboxylic acids is 1. The maximum absolute atomic E-state index is 13.3. The summed E-state index contributed by atoms with van der Waals surface area (Å²) in [6.45, 7) is 3.54. The fourth-order valence-electron chi connectivity index (χ4n) is 5.91. The van der Waals surface area contributed by atoms with Gasteiger partial charge in [0.2, 0.25) is 10.0 Å². The highest BCUT2D eigenvalue weighted by Crippen LogP contribution is 2.37. The highest BCUT2D eigenvalue weighted by Gasteiger charge is 2.46. The van der Waals surface area contributed by atoms with E-state index in [1.165, 1.54) is 26.7 Å². The van der Waals surface area contributed by atoms with Gasteiger partial charge in [-0.2, -0.15) is 17.5 Å². The van der Waals surface area contributed by atoms with Crippen LogP contribution in [-0.2, 0) is 32.4 Å². The third-order valence-electron chi connectivity index (χ3n) is 8.40. The molecule has 42 heavy (non-hydrogen) atoms. The SMILES string of the molecule is O=C(C1=NOC2(CCN(S(=O)(=O)c3cccc(C(F)(F)F)c3)CC2)C1)N1CCN(Cc2ccc3ccccc3c2)CC1. The molecule has 6 rings (SSSR count). The van der Waals surface area contributed by atoms with Gasteiger partial charge in [-0.15, -0.1) is 0 Å². The van der Waals surface area contributed by atoms with Crippen molar-refractivity contribution in [1.29, 1.82) is 0 Å². The second-order valence-electron chi connectivity index (χ2n) is 11.2. The normalized spacial score (nSPS) is 20.1. The van der Waals surface area contributed by atoms with Crippen molar-refractivity contribution in [3.8, 4) is 0 Å². The van der Waals surface area contributed by atoms with Crippen molar-refractivity contribution in [3.05, 3.63) is 77.9 Å². The van der Waals surface area contributed by atoms with Crippen LogP contribution in [0.4, 0.5) is 13.2 Å². The summed E-state index contributed by atoms with van der Waals surface area (Å²) in [5.41, 5.74) is -0.247. The van der Waals surface area contributed by atoms with Crippen molar-refractivity contribution in [2.24, 2.45) is 5.16 Å². The number of piperidine rings is 1. The van der Waals surface area contributed by atoms with Crippen LogP contribution in [0.3, 0.4) is 0 Å². The number of fused-ring (bicyclic) bond motifs is 1. The van der Waals surface area contributed by atoms with Crippen molar-refractivity contribution in [1.82, 2.24) is 14.1 Å². The summed E-state index contributed by atoms with van der Waals surface area (Å²) in [5.74, 6) is -0.170. The molecule has 222 valence electrons. The van der Waals surface area contributed by atoms with E-state index in [-0.39, 0.29) is 38.3 Å². The molecule has 1 spiro atoms. The minimum Gasteiger partial charge on any atom is -0.388 e. The Morgan fingerprint density at radius 1 is 0.881 bits per heavy atom. The lowest BCUT2D eigenvalue weighted by atomic mass is 9.87. The number of benzene rings is 3. The molecule has 8 nitrogen and oxygen atoms in total. The van der Waals surface area contributed by atoms with E-state index in [4.69, 9.17) is 4.84 Å². The predicted octanol–water partition coefficient (Wildman–Crippen LogP) is 4.50. The number of rotatable bonds is 5. The number of halogens is 3. The highest BCUT2D eigenvalue weighted by molar-refractivity contribution is 7.89. The topological polar surface area (TPSA) is 82.5 Å². The van der Waals surface area contributed by atoms with Crippen molar-refractivity contribution in [2.75, 3.05) is 39.3 Å². The minimum absolute atomic E-state index is 0.0585. The van der Waals surface area contributed by atoms with Crippen LogP contribution in [0.5, 0.6) is 0 Å². The lowest BCUT2D eigenvalue weighted by Gasteiger charge is -2.37. The molecule has 1 amide bonds. The van der Waals surface area contributed by atoms with Crippen LogP contribution in [0.25, 0.3) is 10.8 Å². The maximum Gasteiger partial charge on any atom is 0.416 e.